The van der Waals surface area contributed by atoms with Gasteiger partial charge in [0, 0.05) is 51.8 Å². The molecule has 0 aliphatic carbocycles. The highest BCUT2D eigenvalue weighted by Crippen LogP contribution is 2.25. The maximum Gasteiger partial charge on any atom is 0.222 e. The molecule has 1 saturated heterocycles. The van der Waals surface area contributed by atoms with E-state index in [0.29, 0.717) is 19.5 Å². The molecular weight excluding hydrogens is 270 g/mol. The minimum absolute atomic E-state index is 0.0418. The van der Waals surface area contributed by atoms with E-state index in [2.05, 4.69) is 10.1 Å². The van der Waals surface area contributed by atoms with Crippen LogP contribution in [0.25, 0.3) is 5.65 Å². The third-order valence-corrected chi connectivity index (χ3v) is 3.91. The summed E-state index contributed by atoms with van der Waals surface area (Å²) in [5, 5.41) is 14.3. The number of fused-ring (bicyclic) bond motifs is 1. The Morgan fingerprint density at radius 1 is 1.43 bits per heavy atom. The van der Waals surface area contributed by atoms with Crippen molar-refractivity contribution < 1.29 is 9.90 Å². The van der Waals surface area contributed by atoms with Gasteiger partial charge in [-0.2, -0.15) is 5.10 Å². The molecule has 1 fully saturated rings. The van der Waals surface area contributed by atoms with Gasteiger partial charge in [0.05, 0.1) is 12.3 Å². The molecule has 112 valence electrons. The molecule has 2 aromatic rings. The van der Waals surface area contributed by atoms with E-state index >= 15 is 0 Å². The van der Waals surface area contributed by atoms with Crippen molar-refractivity contribution >= 4 is 17.4 Å². The molecule has 2 aromatic heterocycles. The number of aliphatic hydroxyl groups excluding tert-OH is 1. The van der Waals surface area contributed by atoms with Gasteiger partial charge < -0.3 is 14.9 Å². The van der Waals surface area contributed by atoms with E-state index in [1.165, 1.54) is 0 Å². The lowest BCUT2D eigenvalue weighted by atomic mass is 10.0. The molecule has 7 heteroatoms. The molecular formula is C14H19N5O2. The van der Waals surface area contributed by atoms with E-state index < -0.39 is 6.10 Å². The zero-order chi connectivity index (χ0) is 15.0. The summed E-state index contributed by atoms with van der Waals surface area (Å²) < 4.78 is 1.70. The molecule has 0 saturated carbocycles. The lowest BCUT2D eigenvalue weighted by Gasteiger charge is -2.18. The van der Waals surface area contributed by atoms with Gasteiger partial charge in [0.25, 0.3) is 0 Å². The van der Waals surface area contributed by atoms with Crippen molar-refractivity contribution in [2.45, 2.75) is 12.5 Å². The van der Waals surface area contributed by atoms with Crippen LogP contribution in [0.4, 0.5) is 5.82 Å². The number of carbonyl (C=O) groups excluding carboxylic acids is 1. The number of amides is 1. The van der Waals surface area contributed by atoms with Gasteiger partial charge in [0.2, 0.25) is 5.91 Å². The van der Waals surface area contributed by atoms with Gasteiger partial charge in [-0.1, -0.05) is 0 Å². The van der Waals surface area contributed by atoms with Crippen molar-refractivity contribution in [1.29, 1.82) is 0 Å². The summed E-state index contributed by atoms with van der Waals surface area (Å²) in [5.74, 6) is 0.796. The summed E-state index contributed by atoms with van der Waals surface area (Å²) in [7, 11) is 3.47. The van der Waals surface area contributed by atoms with Gasteiger partial charge >= 0.3 is 0 Å². The molecule has 0 unspecified atom stereocenters. The largest absolute Gasteiger partial charge is 0.391 e. The van der Waals surface area contributed by atoms with Gasteiger partial charge in [-0.05, 0) is 6.07 Å². The average molecular weight is 289 g/mol. The van der Waals surface area contributed by atoms with E-state index in [1.807, 2.05) is 23.2 Å². The van der Waals surface area contributed by atoms with Crippen molar-refractivity contribution in [1.82, 2.24) is 19.5 Å². The van der Waals surface area contributed by atoms with Crippen LogP contribution in [0, 0.1) is 5.92 Å². The molecule has 3 rings (SSSR count). The standard InChI is InChI=1S/C14H19N5O2/c1-17(2)14(21)7-10-8-18(9-11(10)20)12-4-6-19-13(16-12)3-5-15-19/h3-6,10-11,20H,7-9H2,1-2H3/t10-,11-/m1/s1. The Morgan fingerprint density at radius 3 is 3.00 bits per heavy atom. The normalized spacial score (nSPS) is 22.0. The van der Waals surface area contributed by atoms with Gasteiger partial charge in [-0.25, -0.2) is 9.50 Å². The predicted octanol–water partition coefficient (Wildman–Crippen LogP) is 0.00470. The number of hydrogen-bond acceptors (Lipinski definition) is 5. The Labute approximate surface area is 122 Å². The summed E-state index contributed by atoms with van der Waals surface area (Å²) in [6.07, 6.45) is 3.41. The van der Waals surface area contributed by atoms with E-state index in [0.717, 1.165) is 11.5 Å². The van der Waals surface area contributed by atoms with Gasteiger partial charge in [0.1, 0.15) is 5.82 Å². The van der Waals surface area contributed by atoms with Crippen LogP contribution in [0.3, 0.4) is 0 Å². The van der Waals surface area contributed by atoms with Crippen LogP contribution in [0.5, 0.6) is 0 Å². The lowest BCUT2D eigenvalue weighted by Crippen LogP contribution is -2.28. The molecule has 1 aliphatic heterocycles. The van der Waals surface area contributed by atoms with Crippen LogP contribution >= 0.6 is 0 Å². The maximum absolute atomic E-state index is 11.8. The molecule has 2 atom stereocenters. The number of hydrogen-bond donors (Lipinski definition) is 1. The number of anilines is 1. The number of nitrogens with zero attached hydrogens (tertiary/aromatic N) is 5. The molecule has 7 nitrogen and oxygen atoms in total. The minimum Gasteiger partial charge on any atom is -0.391 e. The van der Waals surface area contributed by atoms with E-state index in [1.54, 1.807) is 29.7 Å². The monoisotopic (exact) mass is 289 g/mol. The van der Waals surface area contributed by atoms with Gasteiger partial charge in [-0.15, -0.1) is 0 Å². The first-order valence-electron chi connectivity index (χ1n) is 6.98. The number of aliphatic hydroxyl groups is 1. The molecule has 0 bridgehead atoms. The first-order chi connectivity index (χ1) is 10.0. The zero-order valence-corrected chi connectivity index (χ0v) is 12.2. The Kier molecular flexibility index (Phi) is 3.50. The third-order valence-electron chi connectivity index (χ3n) is 3.91. The molecule has 1 amide bonds. The lowest BCUT2D eigenvalue weighted by molar-refractivity contribution is -0.130. The topological polar surface area (TPSA) is 74.0 Å². The van der Waals surface area contributed by atoms with Crippen molar-refractivity contribution in [2.75, 3.05) is 32.1 Å². The van der Waals surface area contributed by atoms with Crippen molar-refractivity contribution in [3.63, 3.8) is 0 Å². The van der Waals surface area contributed by atoms with Crippen molar-refractivity contribution in [3.8, 4) is 0 Å². The first-order valence-corrected chi connectivity index (χ1v) is 6.98. The SMILES string of the molecule is CN(C)C(=O)C[C@@H]1CN(c2ccn3nccc3n2)C[C@H]1O. The van der Waals surface area contributed by atoms with Crippen LogP contribution < -0.4 is 4.90 Å². The molecule has 1 aliphatic rings. The fourth-order valence-electron chi connectivity index (χ4n) is 2.63. The smallest absolute Gasteiger partial charge is 0.222 e. The maximum atomic E-state index is 11.8. The van der Waals surface area contributed by atoms with Crippen LogP contribution in [0.1, 0.15) is 6.42 Å². The van der Waals surface area contributed by atoms with Crippen LogP contribution in [0.2, 0.25) is 0 Å². The van der Waals surface area contributed by atoms with E-state index in [-0.39, 0.29) is 11.8 Å². The molecule has 21 heavy (non-hydrogen) atoms. The van der Waals surface area contributed by atoms with E-state index in [4.69, 9.17) is 0 Å². The van der Waals surface area contributed by atoms with Gasteiger partial charge in [-0.3, -0.25) is 4.79 Å². The van der Waals surface area contributed by atoms with Crippen LogP contribution in [-0.4, -0.2) is 63.8 Å². The third kappa shape index (κ3) is 2.69. The fourth-order valence-corrected chi connectivity index (χ4v) is 2.63. The highest BCUT2D eigenvalue weighted by Gasteiger charge is 2.33. The Balaban J connectivity index is 1.74. The number of β-amino-alcohol motifs (C(OH)–C–C–N with tert-alkyl or cyclic N) is 1. The Morgan fingerprint density at radius 2 is 2.24 bits per heavy atom. The summed E-state index contributed by atoms with van der Waals surface area (Å²) in [6.45, 7) is 1.14. The number of rotatable bonds is 3. The van der Waals surface area contributed by atoms with Crippen LogP contribution in [-0.2, 0) is 4.79 Å². The van der Waals surface area contributed by atoms with E-state index in [9.17, 15) is 9.90 Å². The first kappa shape index (κ1) is 13.8. The molecule has 3 heterocycles. The van der Waals surface area contributed by atoms with Crippen molar-refractivity contribution in [2.24, 2.45) is 5.92 Å². The van der Waals surface area contributed by atoms with Gasteiger partial charge in [0.15, 0.2) is 5.65 Å². The predicted molar refractivity (Wildman–Crippen MR) is 78.0 cm³/mol. The average Bonchev–Trinajstić information content (AvgIpc) is 3.05. The minimum atomic E-state index is -0.503. The van der Waals surface area contributed by atoms with Crippen LogP contribution in [0.15, 0.2) is 24.5 Å². The summed E-state index contributed by atoms with van der Waals surface area (Å²) in [4.78, 5) is 19.9. The summed E-state index contributed by atoms with van der Waals surface area (Å²) >= 11 is 0. The Hall–Kier alpha value is -2.15. The molecule has 0 spiro atoms. The quantitative estimate of drug-likeness (QED) is 0.861. The highest BCUT2D eigenvalue weighted by atomic mass is 16.3. The second-order valence-corrected chi connectivity index (χ2v) is 5.64. The molecule has 0 aromatic carbocycles. The number of carbonyl (C=O) groups is 1. The summed E-state index contributed by atoms with van der Waals surface area (Å²) in [6, 6.07) is 3.71. The second kappa shape index (κ2) is 5.33. The molecule has 0 radical (unpaired) electrons. The number of aromatic nitrogens is 3. The Bertz CT molecular complexity index is 654. The van der Waals surface area contributed by atoms with Crippen molar-refractivity contribution in [3.05, 3.63) is 24.5 Å². The highest BCUT2D eigenvalue weighted by molar-refractivity contribution is 5.76. The zero-order valence-electron chi connectivity index (χ0n) is 12.2. The molecule has 1 N–H and O–H groups in total. The summed E-state index contributed by atoms with van der Waals surface area (Å²) in [5.41, 5.74) is 0.773. The second-order valence-electron chi connectivity index (χ2n) is 5.64. The fraction of sp³-hybridized carbons (Fsp3) is 0.500.